The zero-order valence-corrected chi connectivity index (χ0v) is 13.3. The molecule has 1 aliphatic rings. The van der Waals surface area contributed by atoms with Gasteiger partial charge in [0, 0.05) is 11.1 Å². The summed E-state index contributed by atoms with van der Waals surface area (Å²) >= 11 is 0. The van der Waals surface area contributed by atoms with E-state index in [0.717, 1.165) is 24.8 Å². The van der Waals surface area contributed by atoms with E-state index in [1.807, 2.05) is 18.2 Å². The predicted octanol–water partition coefficient (Wildman–Crippen LogP) is 3.93. The van der Waals surface area contributed by atoms with Crippen LogP contribution in [0, 0.1) is 0 Å². The molecule has 0 bridgehead atoms. The third-order valence-corrected chi connectivity index (χ3v) is 3.92. The summed E-state index contributed by atoms with van der Waals surface area (Å²) in [5.41, 5.74) is 0.746. The first kappa shape index (κ1) is 16.3. The second-order valence-corrected chi connectivity index (χ2v) is 6.91. The molecule has 0 aromatic heterocycles. The molecule has 2 N–H and O–H groups in total. The third kappa shape index (κ3) is 4.00. The summed E-state index contributed by atoms with van der Waals surface area (Å²) in [6, 6.07) is 7.40. The topological polar surface area (TPSA) is 75.6 Å². The molecule has 1 aliphatic carbocycles. The van der Waals surface area contributed by atoms with Gasteiger partial charge < -0.3 is 9.84 Å². The zero-order chi connectivity index (χ0) is 16.4. The Hall–Kier alpha value is -2.04. The summed E-state index contributed by atoms with van der Waals surface area (Å²) in [6.07, 6.45) is 2.40. The van der Waals surface area contributed by atoms with Gasteiger partial charge in [0.25, 0.3) is 0 Å². The smallest absolute Gasteiger partial charge is 0.412 e. The molecule has 5 heteroatoms. The molecule has 0 unspecified atom stereocenters. The van der Waals surface area contributed by atoms with Gasteiger partial charge in [-0.2, -0.15) is 0 Å². The average Bonchev–Trinajstić information content (AvgIpc) is 2.31. The quantitative estimate of drug-likeness (QED) is 0.883. The molecule has 2 rings (SSSR count). The van der Waals surface area contributed by atoms with Crippen molar-refractivity contribution in [1.29, 1.82) is 0 Å². The Balaban J connectivity index is 2.13. The Morgan fingerprint density at radius 1 is 1.32 bits per heavy atom. The van der Waals surface area contributed by atoms with Crippen LogP contribution in [0.3, 0.4) is 0 Å². The maximum atomic E-state index is 11.8. The second-order valence-electron chi connectivity index (χ2n) is 6.91. The summed E-state index contributed by atoms with van der Waals surface area (Å²) in [4.78, 5) is 22.9. The molecular formula is C17H23NO4. The highest BCUT2D eigenvalue weighted by Crippen LogP contribution is 2.46. The van der Waals surface area contributed by atoms with Gasteiger partial charge in [0.05, 0.1) is 6.42 Å². The summed E-state index contributed by atoms with van der Waals surface area (Å²) < 4.78 is 5.23. The van der Waals surface area contributed by atoms with E-state index in [0.29, 0.717) is 5.69 Å². The van der Waals surface area contributed by atoms with Gasteiger partial charge in [-0.25, -0.2) is 4.79 Å². The van der Waals surface area contributed by atoms with E-state index < -0.39 is 17.7 Å². The number of rotatable bonds is 4. The Labute approximate surface area is 130 Å². The number of anilines is 1. The Kier molecular flexibility index (Phi) is 4.44. The number of carbonyl (C=O) groups is 2. The molecule has 0 radical (unpaired) electrons. The molecule has 1 amide bonds. The van der Waals surface area contributed by atoms with Crippen molar-refractivity contribution in [3.63, 3.8) is 0 Å². The van der Waals surface area contributed by atoms with Crippen molar-refractivity contribution in [2.45, 2.75) is 57.5 Å². The van der Waals surface area contributed by atoms with Gasteiger partial charge in [0.1, 0.15) is 5.60 Å². The van der Waals surface area contributed by atoms with Crippen LogP contribution in [0.5, 0.6) is 0 Å². The first-order chi connectivity index (χ1) is 10.2. The SMILES string of the molecule is CC(C)(C)OC(=O)Nc1cccc(C2(CC(=O)O)CCC2)c1. The normalized spacial score (nSPS) is 16.5. The largest absolute Gasteiger partial charge is 0.481 e. The summed E-state index contributed by atoms with van der Waals surface area (Å²) in [7, 11) is 0. The van der Waals surface area contributed by atoms with Crippen LogP contribution in [0.4, 0.5) is 10.5 Å². The van der Waals surface area contributed by atoms with E-state index in [-0.39, 0.29) is 11.8 Å². The van der Waals surface area contributed by atoms with Crippen LogP contribution in [0.15, 0.2) is 24.3 Å². The van der Waals surface area contributed by atoms with Crippen LogP contribution in [-0.4, -0.2) is 22.8 Å². The van der Waals surface area contributed by atoms with E-state index in [1.165, 1.54) is 0 Å². The minimum atomic E-state index is -0.787. The molecule has 5 nitrogen and oxygen atoms in total. The van der Waals surface area contributed by atoms with Gasteiger partial charge >= 0.3 is 12.1 Å². The van der Waals surface area contributed by atoms with Crippen LogP contribution in [0.1, 0.15) is 52.0 Å². The molecule has 0 aliphatic heterocycles. The fraction of sp³-hybridized carbons (Fsp3) is 0.529. The Bertz CT molecular complexity index is 570. The molecule has 0 saturated heterocycles. The third-order valence-electron chi connectivity index (χ3n) is 3.92. The maximum absolute atomic E-state index is 11.8. The van der Waals surface area contributed by atoms with Crippen molar-refractivity contribution >= 4 is 17.7 Å². The number of carboxylic acids is 1. The lowest BCUT2D eigenvalue weighted by Crippen LogP contribution is -2.36. The van der Waals surface area contributed by atoms with Crippen LogP contribution in [-0.2, 0) is 14.9 Å². The van der Waals surface area contributed by atoms with Crippen LogP contribution in [0.25, 0.3) is 0 Å². The van der Waals surface area contributed by atoms with Crippen molar-refractivity contribution in [3.05, 3.63) is 29.8 Å². The molecule has 0 heterocycles. The van der Waals surface area contributed by atoms with Crippen molar-refractivity contribution in [1.82, 2.24) is 0 Å². The number of benzene rings is 1. The first-order valence-corrected chi connectivity index (χ1v) is 7.53. The van der Waals surface area contributed by atoms with Gasteiger partial charge in [-0.15, -0.1) is 0 Å². The number of hydrogen-bond donors (Lipinski definition) is 2. The van der Waals surface area contributed by atoms with Crippen LogP contribution < -0.4 is 5.32 Å². The highest BCUT2D eigenvalue weighted by Gasteiger charge is 2.40. The number of ether oxygens (including phenoxy) is 1. The number of amides is 1. The minimum Gasteiger partial charge on any atom is -0.481 e. The van der Waals surface area contributed by atoms with E-state index >= 15 is 0 Å². The van der Waals surface area contributed by atoms with Crippen molar-refractivity contribution in [2.24, 2.45) is 0 Å². The van der Waals surface area contributed by atoms with Gasteiger partial charge in [-0.05, 0) is 51.3 Å². The van der Waals surface area contributed by atoms with Gasteiger partial charge in [0.15, 0.2) is 0 Å². The van der Waals surface area contributed by atoms with Crippen LogP contribution >= 0.6 is 0 Å². The lowest BCUT2D eigenvalue weighted by molar-refractivity contribution is -0.139. The fourth-order valence-electron chi connectivity index (χ4n) is 2.81. The standard InChI is InChI=1S/C17H23NO4/c1-16(2,3)22-15(21)18-13-7-4-6-12(10-13)17(8-5-9-17)11-14(19)20/h4,6-7,10H,5,8-9,11H2,1-3H3,(H,18,21)(H,19,20). The molecule has 1 aromatic rings. The predicted molar refractivity (Wildman–Crippen MR) is 84.1 cm³/mol. The van der Waals surface area contributed by atoms with E-state index in [2.05, 4.69) is 5.32 Å². The molecule has 120 valence electrons. The number of hydrogen-bond acceptors (Lipinski definition) is 3. The molecule has 1 fully saturated rings. The van der Waals surface area contributed by atoms with Gasteiger partial charge in [-0.1, -0.05) is 18.6 Å². The van der Waals surface area contributed by atoms with Crippen molar-refractivity contribution in [2.75, 3.05) is 5.32 Å². The molecule has 0 spiro atoms. The molecule has 1 saturated carbocycles. The minimum absolute atomic E-state index is 0.128. The summed E-state index contributed by atoms with van der Waals surface area (Å²) in [6.45, 7) is 5.41. The average molecular weight is 305 g/mol. The number of nitrogens with one attached hydrogen (secondary N) is 1. The van der Waals surface area contributed by atoms with E-state index in [1.54, 1.807) is 26.8 Å². The van der Waals surface area contributed by atoms with Gasteiger partial charge in [0.2, 0.25) is 0 Å². The van der Waals surface area contributed by atoms with E-state index in [9.17, 15) is 9.59 Å². The number of carbonyl (C=O) groups excluding carboxylic acids is 1. The highest BCUT2D eigenvalue weighted by atomic mass is 16.6. The first-order valence-electron chi connectivity index (χ1n) is 7.53. The van der Waals surface area contributed by atoms with Crippen molar-refractivity contribution < 1.29 is 19.4 Å². The molecular weight excluding hydrogens is 282 g/mol. The molecule has 22 heavy (non-hydrogen) atoms. The lowest BCUT2D eigenvalue weighted by Gasteiger charge is -2.41. The summed E-state index contributed by atoms with van der Waals surface area (Å²) in [5, 5.41) is 11.8. The number of aliphatic carboxylic acids is 1. The Morgan fingerprint density at radius 3 is 2.50 bits per heavy atom. The van der Waals surface area contributed by atoms with E-state index in [4.69, 9.17) is 9.84 Å². The Morgan fingerprint density at radius 2 is 2.00 bits per heavy atom. The number of carboxylic acid groups (broad SMARTS) is 1. The fourth-order valence-corrected chi connectivity index (χ4v) is 2.81. The van der Waals surface area contributed by atoms with Gasteiger partial charge in [-0.3, -0.25) is 10.1 Å². The maximum Gasteiger partial charge on any atom is 0.412 e. The van der Waals surface area contributed by atoms with Crippen LogP contribution in [0.2, 0.25) is 0 Å². The molecule has 0 atom stereocenters. The highest BCUT2D eigenvalue weighted by molar-refractivity contribution is 5.85. The lowest BCUT2D eigenvalue weighted by atomic mass is 9.62. The van der Waals surface area contributed by atoms with Crippen molar-refractivity contribution in [3.8, 4) is 0 Å². The summed E-state index contributed by atoms with van der Waals surface area (Å²) in [5.74, 6) is -0.787. The molecule has 1 aromatic carbocycles. The zero-order valence-electron chi connectivity index (χ0n) is 13.3. The second kappa shape index (κ2) is 5.99. The monoisotopic (exact) mass is 305 g/mol.